The lowest BCUT2D eigenvalue weighted by Crippen LogP contribution is -2.27. The van der Waals surface area contributed by atoms with Crippen molar-refractivity contribution in [3.8, 4) is 0 Å². The summed E-state index contributed by atoms with van der Waals surface area (Å²) in [6.45, 7) is 2.04. The van der Waals surface area contributed by atoms with Crippen molar-refractivity contribution in [2.75, 3.05) is 6.54 Å². The van der Waals surface area contributed by atoms with Gasteiger partial charge in [-0.15, -0.1) is 0 Å². The number of halogens is 1. The van der Waals surface area contributed by atoms with E-state index in [1.165, 1.54) is 32.6 Å². The Morgan fingerprint density at radius 1 is 1.45 bits per heavy atom. The number of aromatic amines is 1. The molecule has 0 aromatic carbocycles. The van der Waals surface area contributed by atoms with E-state index in [-0.39, 0.29) is 16.3 Å². The van der Waals surface area contributed by atoms with Crippen LogP contribution in [0.15, 0.2) is 4.90 Å². The van der Waals surface area contributed by atoms with Gasteiger partial charge in [-0.2, -0.15) is 5.10 Å². The van der Waals surface area contributed by atoms with Gasteiger partial charge in [0.05, 0.1) is 5.69 Å². The van der Waals surface area contributed by atoms with Crippen LogP contribution in [-0.4, -0.2) is 31.1 Å². The van der Waals surface area contributed by atoms with E-state index in [4.69, 9.17) is 10.7 Å². The molecule has 0 spiro atoms. The fraction of sp³-hybridized carbons (Fsp3) is 0.667. The maximum atomic E-state index is 12.0. The zero-order valence-corrected chi connectivity index (χ0v) is 12.9. The van der Waals surface area contributed by atoms with Crippen LogP contribution in [0.3, 0.4) is 0 Å². The van der Waals surface area contributed by atoms with Gasteiger partial charge in [-0.3, -0.25) is 9.89 Å². The van der Waals surface area contributed by atoms with Crippen LogP contribution in [0, 0.1) is 12.8 Å². The van der Waals surface area contributed by atoms with Gasteiger partial charge in [-0.1, -0.05) is 25.7 Å². The first-order valence-electron chi connectivity index (χ1n) is 6.67. The third kappa shape index (κ3) is 3.52. The number of rotatable bonds is 5. The molecule has 112 valence electrons. The van der Waals surface area contributed by atoms with Crippen LogP contribution in [0.5, 0.6) is 0 Å². The fourth-order valence-corrected chi connectivity index (χ4v) is 3.99. The largest absolute Gasteiger partial charge is 0.351 e. The van der Waals surface area contributed by atoms with Gasteiger partial charge in [0.2, 0.25) is 0 Å². The monoisotopic (exact) mass is 319 g/mol. The predicted molar refractivity (Wildman–Crippen MR) is 75.3 cm³/mol. The van der Waals surface area contributed by atoms with Crippen molar-refractivity contribution in [2.24, 2.45) is 5.92 Å². The molecule has 6 nitrogen and oxygen atoms in total. The minimum Gasteiger partial charge on any atom is -0.351 e. The number of carbonyl (C=O) groups excluding carboxylic acids is 1. The quantitative estimate of drug-likeness (QED) is 0.811. The normalized spacial score (nSPS) is 16.5. The summed E-state index contributed by atoms with van der Waals surface area (Å²) in [6, 6.07) is 0. The summed E-state index contributed by atoms with van der Waals surface area (Å²) in [5, 5.41) is 8.92. The van der Waals surface area contributed by atoms with Crippen molar-refractivity contribution in [1.82, 2.24) is 15.5 Å². The third-order valence-corrected chi connectivity index (χ3v) is 5.11. The second kappa shape index (κ2) is 6.13. The molecule has 1 aliphatic rings. The average molecular weight is 320 g/mol. The van der Waals surface area contributed by atoms with Crippen LogP contribution in [0.25, 0.3) is 0 Å². The molecule has 1 fully saturated rings. The van der Waals surface area contributed by atoms with Crippen molar-refractivity contribution < 1.29 is 13.2 Å². The summed E-state index contributed by atoms with van der Waals surface area (Å²) >= 11 is 0. The molecule has 0 aliphatic heterocycles. The van der Waals surface area contributed by atoms with E-state index >= 15 is 0 Å². The minimum absolute atomic E-state index is 0.163. The van der Waals surface area contributed by atoms with Crippen LogP contribution < -0.4 is 5.32 Å². The smallest absolute Gasteiger partial charge is 0.273 e. The summed E-state index contributed by atoms with van der Waals surface area (Å²) in [4.78, 5) is 11.7. The Bertz CT molecular complexity index is 591. The highest BCUT2D eigenvalue weighted by Crippen LogP contribution is 2.27. The Morgan fingerprint density at radius 2 is 2.10 bits per heavy atom. The number of nitrogens with zero attached hydrogens (tertiary/aromatic N) is 1. The number of aryl methyl sites for hydroxylation is 1. The van der Waals surface area contributed by atoms with Crippen LogP contribution in [0.4, 0.5) is 0 Å². The maximum absolute atomic E-state index is 12.0. The number of H-pyrrole nitrogens is 1. The number of carbonyl (C=O) groups is 1. The third-order valence-electron chi connectivity index (χ3n) is 3.66. The van der Waals surface area contributed by atoms with Crippen LogP contribution in [0.2, 0.25) is 0 Å². The molecule has 1 aromatic heterocycles. The summed E-state index contributed by atoms with van der Waals surface area (Å²) in [5.41, 5.74) is 0.102. The first-order valence-corrected chi connectivity index (χ1v) is 8.98. The number of amides is 1. The van der Waals surface area contributed by atoms with Gasteiger partial charge in [-0.05, 0) is 19.3 Å². The first-order chi connectivity index (χ1) is 9.39. The lowest BCUT2D eigenvalue weighted by molar-refractivity contribution is 0.0943. The zero-order chi connectivity index (χ0) is 14.8. The lowest BCUT2D eigenvalue weighted by atomic mass is 10.0. The van der Waals surface area contributed by atoms with Crippen molar-refractivity contribution in [2.45, 2.75) is 43.9 Å². The molecule has 2 N–H and O–H groups in total. The van der Waals surface area contributed by atoms with E-state index in [0.29, 0.717) is 12.5 Å². The number of hydrogen-bond donors (Lipinski definition) is 2. The number of aromatic nitrogens is 2. The summed E-state index contributed by atoms with van der Waals surface area (Å²) in [6.07, 6.45) is 5.84. The topological polar surface area (TPSA) is 91.9 Å². The highest BCUT2D eigenvalue weighted by atomic mass is 35.7. The van der Waals surface area contributed by atoms with Crippen molar-refractivity contribution in [3.05, 3.63) is 11.4 Å². The fourth-order valence-electron chi connectivity index (χ4n) is 2.64. The number of hydrogen-bond acceptors (Lipinski definition) is 4. The molecule has 0 unspecified atom stereocenters. The minimum atomic E-state index is -3.99. The molecule has 1 heterocycles. The second-order valence-corrected chi connectivity index (χ2v) is 7.66. The SMILES string of the molecule is Cc1[nH]nc(C(=O)NCCC2CCCC2)c1S(=O)(=O)Cl. The molecule has 1 aromatic rings. The van der Waals surface area contributed by atoms with E-state index in [1.54, 1.807) is 0 Å². The molecular weight excluding hydrogens is 302 g/mol. The Labute approximate surface area is 122 Å². The molecule has 1 aliphatic carbocycles. The first kappa shape index (κ1) is 15.3. The Kier molecular flexibility index (Phi) is 4.70. The molecule has 0 saturated heterocycles. The second-order valence-electron chi connectivity index (χ2n) is 5.16. The molecule has 2 rings (SSSR count). The van der Waals surface area contributed by atoms with Crippen LogP contribution in [0.1, 0.15) is 48.3 Å². The van der Waals surface area contributed by atoms with E-state index in [2.05, 4.69) is 15.5 Å². The predicted octanol–water partition coefficient (Wildman–Crippen LogP) is 1.96. The van der Waals surface area contributed by atoms with E-state index in [1.807, 2.05) is 0 Å². The molecule has 8 heteroatoms. The maximum Gasteiger partial charge on any atom is 0.273 e. The molecule has 0 radical (unpaired) electrons. The summed E-state index contributed by atoms with van der Waals surface area (Å²) in [7, 11) is 1.34. The van der Waals surface area contributed by atoms with Gasteiger partial charge in [0.25, 0.3) is 15.0 Å². The Balaban J connectivity index is 1.99. The van der Waals surface area contributed by atoms with Gasteiger partial charge in [-0.25, -0.2) is 8.42 Å². The van der Waals surface area contributed by atoms with E-state index in [0.717, 1.165) is 6.42 Å². The number of nitrogens with one attached hydrogen (secondary N) is 2. The van der Waals surface area contributed by atoms with Gasteiger partial charge >= 0.3 is 0 Å². The summed E-state index contributed by atoms with van der Waals surface area (Å²) in [5.74, 6) is 0.152. The van der Waals surface area contributed by atoms with Gasteiger partial charge in [0.1, 0.15) is 4.90 Å². The summed E-state index contributed by atoms with van der Waals surface area (Å²) < 4.78 is 22.9. The van der Waals surface area contributed by atoms with Gasteiger partial charge in [0, 0.05) is 17.2 Å². The van der Waals surface area contributed by atoms with Crippen molar-refractivity contribution >= 4 is 25.6 Å². The standard InChI is InChI=1S/C12H18ClN3O3S/c1-8-11(20(13,18)19)10(16-15-8)12(17)14-7-6-9-4-2-3-5-9/h9H,2-7H2,1H3,(H,14,17)(H,15,16). The lowest BCUT2D eigenvalue weighted by Gasteiger charge is -2.09. The Morgan fingerprint density at radius 3 is 2.70 bits per heavy atom. The highest BCUT2D eigenvalue weighted by Gasteiger charge is 2.26. The molecule has 1 amide bonds. The van der Waals surface area contributed by atoms with E-state index < -0.39 is 15.0 Å². The molecule has 0 bridgehead atoms. The van der Waals surface area contributed by atoms with Crippen molar-refractivity contribution in [3.63, 3.8) is 0 Å². The Hall–Kier alpha value is -1.08. The zero-order valence-electron chi connectivity index (χ0n) is 11.3. The van der Waals surface area contributed by atoms with Gasteiger partial charge in [0.15, 0.2) is 5.69 Å². The molecular formula is C12H18ClN3O3S. The highest BCUT2D eigenvalue weighted by molar-refractivity contribution is 8.13. The van der Waals surface area contributed by atoms with E-state index in [9.17, 15) is 13.2 Å². The van der Waals surface area contributed by atoms with Crippen LogP contribution >= 0.6 is 10.7 Å². The van der Waals surface area contributed by atoms with Crippen molar-refractivity contribution in [1.29, 1.82) is 0 Å². The average Bonchev–Trinajstić information content (AvgIpc) is 2.97. The molecule has 20 heavy (non-hydrogen) atoms. The van der Waals surface area contributed by atoms with Crippen LogP contribution in [-0.2, 0) is 9.05 Å². The molecule has 1 saturated carbocycles. The van der Waals surface area contributed by atoms with Gasteiger partial charge < -0.3 is 5.32 Å². The molecule has 0 atom stereocenters.